The third-order valence-corrected chi connectivity index (χ3v) is 3.53. The fourth-order valence-corrected chi connectivity index (χ4v) is 2.31. The molecular formula is C14H14N6O3. The van der Waals surface area contributed by atoms with Crippen LogP contribution in [0, 0.1) is 0 Å². The Labute approximate surface area is 131 Å². The first-order chi connectivity index (χ1) is 11.1. The second kappa shape index (κ2) is 6.34. The quantitative estimate of drug-likeness (QED) is 0.773. The van der Waals surface area contributed by atoms with Gasteiger partial charge in [-0.1, -0.05) is 0 Å². The smallest absolute Gasteiger partial charge is 0.274 e. The highest BCUT2D eigenvalue weighted by Crippen LogP contribution is 2.08. The van der Waals surface area contributed by atoms with E-state index in [1.54, 1.807) is 9.80 Å². The Hall–Kier alpha value is -3.10. The van der Waals surface area contributed by atoms with E-state index in [4.69, 9.17) is 0 Å². The number of aromatic nitrogens is 4. The van der Waals surface area contributed by atoms with Gasteiger partial charge in [-0.2, -0.15) is 5.10 Å². The van der Waals surface area contributed by atoms with Crippen LogP contribution in [0.4, 0.5) is 0 Å². The highest BCUT2D eigenvalue weighted by atomic mass is 16.2. The molecule has 0 radical (unpaired) electrons. The van der Waals surface area contributed by atoms with E-state index in [-0.39, 0.29) is 28.8 Å². The normalized spacial score (nSPS) is 14.6. The van der Waals surface area contributed by atoms with Crippen molar-refractivity contribution in [1.29, 1.82) is 0 Å². The minimum absolute atomic E-state index is 0.179. The number of carbonyl (C=O) groups is 2. The van der Waals surface area contributed by atoms with Crippen LogP contribution in [0.1, 0.15) is 21.0 Å². The van der Waals surface area contributed by atoms with E-state index in [0.29, 0.717) is 26.2 Å². The predicted octanol–water partition coefficient (Wildman–Crippen LogP) is -0.842. The molecule has 1 aliphatic rings. The van der Waals surface area contributed by atoms with E-state index in [1.165, 1.54) is 30.7 Å². The van der Waals surface area contributed by atoms with Crippen LogP contribution in [0.3, 0.4) is 0 Å². The molecule has 1 fully saturated rings. The third-order valence-electron chi connectivity index (χ3n) is 3.53. The number of hydrogen-bond donors (Lipinski definition) is 1. The Morgan fingerprint density at radius 2 is 1.61 bits per heavy atom. The average Bonchev–Trinajstić information content (AvgIpc) is 2.62. The van der Waals surface area contributed by atoms with Gasteiger partial charge in [0.25, 0.3) is 17.4 Å². The van der Waals surface area contributed by atoms with Crippen LogP contribution in [0.15, 0.2) is 35.5 Å². The number of hydrogen-bond acceptors (Lipinski definition) is 6. The van der Waals surface area contributed by atoms with E-state index in [0.717, 1.165) is 0 Å². The zero-order valence-electron chi connectivity index (χ0n) is 12.2. The van der Waals surface area contributed by atoms with Crippen LogP contribution in [0.25, 0.3) is 0 Å². The van der Waals surface area contributed by atoms with Gasteiger partial charge >= 0.3 is 0 Å². The molecule has 3 heterocycles. The number of rotatable bonds is 2. The van der Waals surface area contributed by atoms with Crippen molar-refractivity contribution in [3.05, 3.63) is 52.5 Å². The Morgan fingerprint density at radius 3 is 2.13 bits per heavy atom. The molecule has 1 saturated heterocycles. The minimum atomic E-state index is -0.360. The SMILES string of the molecule is O=C(c1cnccn1)N1CCN(C(=O)c2ccc(=O)[nH]n2)CC1. The maximum Gasteiger partial charge on any atom is 0.274 e. The maximum atomic E-state index is 12.3. The first kappa shape index (κ1) is 14.8. The number of carbonyl (C=O) groups excluding carboxylic acids is 2. The Bertz CT molecular complexity index is 747. The van der Waals surface area contributed by atoms with E-state index in [2.05, 4.69) is 20.2 Å². The number of nitrogens with one attached hydrogen (secondary N) is 1. The molecule has 0 atom stereocenters. The molecule has 1 N–H and O–H groups in total. The van der Waals surface area contributed by atoms with Gasteiger partial charge in [-0.15, -0.1) is 0 Å². The Kier molecular flexibility index (Phi) is 4.09. The molecule has 2 aromatic rings. The van der Waals surface area contributed by atoms with Gasteiger partial charge in [0.15, 0.2) is 0 Å². The van der Waals surface area contributed by atoms with Gasteiger partial charge in [0.05, 0.1) is 6.20 Å². The summed E-state index contributed by atoms with van der Waals surface area (Å²) in [7, 11) is 0. The van der Waals surface area contributed by atoms with Crippen molar-refractivity contribution in [2.24, 2.45) is 0 Å². The van der Waals surface area contributed by atoms with Crippen LogP contribution >= 0.6 is 0 Å². The summed E-state index contributed by atoms with van der Waals surface area (Å²) in [6, 6.07) is 2.65. The minimum Gasteiger partial charge on any atom is -0.334 e. The lowest BCUT2D eigenvalue weighted by molar-refractivity contribution is 0.0528. The number of aromatic amines is 1. The molecule has 1 aliphatic heterocycles. The Balaban J connectivity index is 1.62. The number of amides is 2. The molecule has 0 spiro atoms. The number of piperazine rings is 1. The van der Waals surface area contributed by atoms with E-state index in [9.17, 15) is 14.4 Å². The fourth-order valence-electron chi connectivity index (χ4n) is 2.31. The van der Waals surface area contributed by atoms with Crippen molar-refractivity contribution < 1.29 is 9.59 Å². The van der Waals surface area contributed by atoms with Crippen molar-refractivity contribution in [2.75, 3.05) is 26.2 Å². The number of nitrogens with zero attached hydrogens (tertiary/aromatic N) is 5. The summed E-state index contributed by atoms with van der Waals surface area (Å²) in [5.41, 5.74) is 0.105. The maximum absolute atomic E-state index is 12.3. The summed E-state index contributed by atoms with van der Waals surface area (Å²) in [6.07, 6.45) is 4.39. The van der Waals surface area contributed by atoms with Gasteiger partial charge in [0, 0.05) is 44.6 Å². The van der Waals surface area contributed by atoms with Crippen molar-refractivity contribution in [2.45, 2.75) is 0 Å². The lowest BCUT2D eigenvalue weighted by Crippen LogP contribution is -2.51. The van der Waals surface area contributed by atoms with Crippen LogP contribution in [-0.4, -0.2) is 68.0 Å². The van der Waals surface area contributed by atoms with Crippen LogP contribution in [-0.2, 0) is 0 Å². The summed E-state index contributed by atoms with van der Waals surface area (Å²) >= 11 is 0. The highest BCUT2D eigenvalue weighted by molar-refractivity contribution is 5.93. The lowest BCUT2D eigenvalue weighted by atomic mass is 10.2. The lowest BCUT2D eigenvalue weighted by Gasteiger charge is -2.34. The summed E-state index contributed by atoms with van der Waals surface area (Å²) in [5.74, 6) is -0.472. The third kappa shape index (κ3) is 3.23. The predicted molar refractivity (Wildman–Crippen MR) is 78.7 cm³/mol. The van der Waals surface area contributed by atoms with Crippen molar-refractivity contribution in [3.63, 3.8) is 0 Å². The molecule has 0 aliphatic carbocycles. The van der Waals surface area contributed by atoms with Crippen LogP contribution < -0.4 is 5.56 Å². The summed E-state index contributed by atoms with van der Waals surface area (Å²) in [4.78, 5) is 46.6. The topological polar surface area (TPSA) is 112 Å². The van der Waals surface area contributed by atoms with Crippen molar-refractivity contribution in [1.82, 2.24) is 30.0 Å². The van der Waals surface area contributed by atoms with E-state index >= 15 is 0 Å². The van der Waals surface area contributed by atoms with E-state index < -0.39 is 0 Å². The molecule has 9 nitrogen and oxygen atoms in total. The van der Waals surface area contributed by atoms with Gasteiger partial charge in [-0.3, -0.25) is 19.4 Å². The van der Waals surface area contributed by atoms with Gasteiger partial charge in [0.1, 0.15) is 11.4 Å². The zero-order valence-corrected chi connectivity index (χ0v) is 12.2. The molecule has 2 amide bonds. The molecule has 118 valence electrons. The van der Waals surface area contributed by atoms with Crippen molar-refractivity contribution in [3.8, 4) is 0 Å². The molecule has 23 heavy (non-hydrogen) atoms. The molecule has 0 bridgehead atoms. The second-order valence-corrected chi connectivity index (χ2v) is 4.98. The summed E-state index contributed by atoms with van der Waals surface area (Å²) in [6.45, 7) is 1.60. The number of H-pyrrole nitrogens is 1. The molecule has 0 aromatic carbocycles. The first-order valence-corrected chi connectivity index (χ1v) is 7.05. The van der Waals surface area contributed by atoms with Crippen LogP contribution in [0.2, 0.25) is 0 Å². The molecule has 9 heteroatoms. The molecular weight excluding hydrogens is 300 g/mol. The van der Waals surface area contributed by atoms with Crippen molar-refractivity contribution >= 4 is 11.8 Å². The largest absolute Gasteiger partial charge is 0.334 e. The average molecular weight is 314 g/mol. The van der Waals surface area contributed by atoms with E-state index in [1.807, 2.05) is 0 Å². The standard InChI is InChI=1S/C14H14N6O3/c21-12-2-1-10(17-18-12)13(22)19-5-7-20(8-6-19)14(23)11-9-15-3-4-16-11/h1-4,9H,5-8H2,(H,18,21). The molecule has 0 unspecified atom stereocenters. The second-order valence-electron chi connectivity index (χ2n) is 4.98. The Morgan fingerprint density at radius 1 is 0.957 bits per heavy atom. The fraction of sp³-hybridized carbons (Fsp3) is 0.286. The van der Waals surface area contributed by atoms with Gasteiger partial charge in [-0.05, 0) is 6.07 Å². The molecule has 2 aromatic heterocycles. The molecule has 0 saturated carbocycles. The van der Waals surface area contributed by atoms with Gasteiger partial charge in [0.2, 0.25) is 0 Å². The monoisotopic (exact) mass is 314 g/mol. The van der Waals surface area contributed by atoms with Gasteiger partial charge in [-0.25, -0.2) is 10.1 Å². The van der Waals surface area contributed by atoms with Gasteiger partial charge < -0.3 is 9.80 Å². The van der Waals surface area contributed by atoms with Crippen LogP contribution in [0.5, 0.6) is 0 Å². The summed E-state index contributed by atoms with van der Waals surface area (Å²) in [5, 5.41) is 5.96. The summed E-state index contributed by atoms with van der Waals surface area (Å²) < 4.78 is 0. The first-order valence-electron chi connectivity index (χ1n) is 7.05. The highest BCUT2D eigenvalue weighted by Gasteiger charge is 2.26. The zero-order chi connectivity index (χ0) is 16.2. The molecule has 3 rings (SSSR count).